The molecule has 1 aliphatic heterocycles. The highest BCUT2D eigenvalue weighted by atomic mass is 15.1. The first-order chi connectivity index (χ1) is 9.90. The van der Waals surface area contributed by atoms with E-state index in [4.69, 9.17) is 0 Å². The van der Waals surface area contributed by atoms with Gasteiger partial charge in [0.05, 0.1) is 0 Å². The van der Waals surface area contributed by atoms with E-state index in [-0.39, 0.29) is 0 Å². The molecule has 3 rings (SSSR count). The van der Waals surface area contributed by atoms with Crippen molar-refractivity contribution in [2.75, 3.05) is 13.1 Å². The van der Waals surface area contributed by atoms with Gasteiger partial charge in [0.1, 0.15) is 0 Å². The van der Waals surface area contributed by atoms with Gasteiger partial charge >= 0.3 is 0 Å². The lowest BCUT2D eigenvalue weighted by atomic mass is 10.0. The molecule has 0 spiro atoms. The molecule has 0 aliphatic carbocycles. The summed E-state index contributed by atoms with van der Waals surface area (Å²) in [6.07, 6.45) is 5.01. The summed E-state index contributed by atoms with van der Waals surface area (Å²) >= 11 is 0. The Morgan fingerprint density at radius 2 is 1.35 bits per heavy atom. The molecule has 0 bridgehead atoms. The summed E-state index contributed by atoms with van der Waals surface area (Å²) in [5.74, 6) is 0. The average Bonchev–Trinajstić information content (AvgIpc) is 3.00. The molecule has 0 radical (unpaired) electrons. The fourth-order valence-corrected chi connectivity index (χ4v) is 3.02. The van der Waals surface area contributed by atoms with Crippen LogP contribution in [0.2, 0.25) is 0 Å². The van der Waals surface area contributed by atoms with Crippen LogP contribution in [0.25, 0.3) is 0 Å². The smallest absolute Gasteiger partial charge is 0.0233 e. The van der Waals surface area contributed by atoms with Crippen molar-refractivity contribution in [1.29, 1.82) is 0 Å². The highest BCUT2D eigenvalue weighted by Gasteiger charge is 2.11. The Balaban J connectivity index is 1.59. The van der Waals surface area contributed by atoms with Crippen LogP contribution in [0.1, 0.15) is 29.5 Å². The predicted octanol–water partition coefficient (Wildman–Crippen LogP) is 4.07. The van der Waals surface area contributed by atoms with E-state index in [9.17, 15) is 0 Å². The molecule has 20 heavy (non-hydrogen) atoms. The second-order valence-corrected chi connectivity index (χ2v) is 5.79. The van der Waals surface area contributed by atoms with Gasteiger partial charge in [-0.3, -0.25) is 4.90 Å². The van der Waals surface area contributed by atoms with E-state index in [1.165, 1.54) is 42.6 Å². The zero-order chi connectivity index (χ0) is 13.6. The first kappa shape index (κ1) is 13.4. The molecule has 104 valence electrons. The quantitative estimate of drug-likeness (QED) is 0.788. The molecule has 1 heterocycles. The number of nitrogens with zero attached hydrogens (tertiary/aromatic N) is 1. The largest absolute Gasteiger partial charge is 0.299 e. The summed E-state index contributed by atoms with van der Waals surface area (Å²) in [6, 6.07) is 19.9. The van der Waals surface area contributed by atoms with Gasteiger partial charge in [-0.2, -0.15) is 0 Å². The molecule has 0 amide bonds. The maximum Gasteiger partial charge on any atom is 0.0233 e. The molecule has 0 aromatic heterocycles. The van der Waals surface area contributed by atoms with Crippen LogP contribution in [0.5, 0.6) is 0 Å². The fraction of sp³-hybridized carbons (Fsp3) is 0.368. The third kappa shape index (κ3) is 3.71. The van der Waals surface area contributed by atoms with Gasteiger partial charge in [-0.15, -0.1) is 0 Å². The molecule has 0 saturated carbocycles. The van der Waals surface area contributed by atoms with Gasteiger partial charge < -0.3 is 0 Å². The number of likely N-dealkylation sites (tertiary alicyclic amines) is 1. The van der Waals surface area contributed by atoms with Crippen molar-refractivity contribution in [3.63, 3.8) is 0 Å². The van der Waals surface area contributed by atoms with Gasteiger partial charge in [0.25, 0.3) is 0 Å². The minimum absolute atomic E-state index is 1.12. The molecular formula is C19H23N. The van der Waals surface area contributed by atoms with Crippen molar-refractivity contribution in [3.8, 4) is 0 Å². The van der Waals surface area contributed by atoms with Crippen LogP contribution in [0.3, 0.4) is 0 Å². The van der Waals surface area contributed by atoms with Gasteiger partial charge in [0, 0.05) is 6.54 Å². The normalized spacial score (nSPS) is 15.6. The molecule has 0 unspecified atom stereocenters. The van der Waals surface area contributed by atoms with Crippen molar-refractivity contribution in [3.05, 3.63) is 71.3 Å². The van der Waals surface area contributed by atoms with E-state index >= 15 is 0 Å². The van der Waals surface area contributed by atoms with Gasteiger partial charge in [0.2, 0.25) is 0 Å². The lowest BCUT2D eigenvalue weighted by Gasteiger charge is -2.15. The topological polar surface area (TPSA) is 3.24 Å². The molecule has 2 aromatic carbocycles. The molecule has 1 heteroatoms. The lowest BCUT2D eigenvalue weighted by molar-refractivity contribution is 0.331. The first-order valence-electron chi connectivity index (χ1n) is 7.74. The van der Waals surface area contributed by atoms with Crippen molar-refractivity contribution >= 4 is 0 Å². The molecular weight excluding hydrogens is 242 g/mol. The summed E-state index contributed by atoms with van der Waals surface area (Å²) in [5, 5.41) is 0. The van der Waals surface area contributed by atoms with E-state index in [0.717, 1.165) is 19.4 Å². The SMILES string of the molecule is c1ccc(CCc2cccc(CN3CCCC3)c2)cc1. The van der Waals surface area contributed by atoms with Crippen LogP contribution in [0, 0.1) is 0 Å². The molecule has 1 saturated heterocycles. The standard InChI is InChI=1S/C19H23N/c1-2-7-17(8-3-1)11-12-18-9-6-10-19(15-18)16-20-13-4-5-14-20/h1-3,6-10,15H,4-5,11-14,16H2. The number of aryl methyl sites for hydroxylation is 2. The average molecular weight is 265 g/mol. The Hall–Kier alpha value is -1.60. The number of hydrogen-bond donors (Lipinski definition) is 0. The monoisotopic (exact) mass is 265 g/mol. The molecule has 1 fully saturated rings. The van der Waals surface area contributed by atoms with E-state index < -0.39 is 0 Å². The zero-order valence-electron chi connectivity index (χ0n) is 12.1. The van der Waals surface area contributed by atoms with Crippen molar-refractivity contribution in [1.82, 2.24) is 4.90 Å². The van der Waals surface area contributed by atoms with Crippen LogP contribution in [-0.2, 0) is 19.4 Å². The fourth-order valence-electron chi connectivity index (χ4n) is 3.02. The van der Waals surface area contributed by atoms with Crippen LogP contribution in [0.15, 0.2) is 54.6 Å². The highest BCUT2D eigenvalue weighted by molar-refractivity contribution is 5.25. The Labute approximate surface area is 122 Å². The second kappa shape index (κ2) is 6.71. The Bertz CT molecular complexity index is 526. The van der Waals surface area contributed by atoms with Crippen molar-refractivity contribution in [2.45, 2.75) is 32.2 Å². The predicted molar refractivity (Wildman–Crippen MR) is 84.8 cm³/mol. The Kier molecular flexibility index (Phi) is 4.49. The van der Waals surface area contributed by atoms with Crippen LogP contribution < -0.4 is 0 Å². The number of benzene rings is 2. The van der Waals surface area contributed by atoms with E-state index in [1.807, 2.05) is 0 Å². The van der Waals surface area contributed by atoms with Gasteiger partial charge in [-0.25, -0.2) is 0 Å². The summed E-state index contributed by atoms with van der Waals surface area (Å²) in [7, 11) is 0. The molecule has 0 atom stereocenters. The van der Waals surface area contributed by atoms with Gasteiger partial charge in [-0.05, 0) is 55.5 Å². The van der Waals surface area contributed by atoms with Gasteiger partial charge in [-0.1, -0.05) is 54.6 Å². The van der Waals surface area contributed by atoms with Crippen molar-refractivity contribution in [2.24, 2.45) is 0 Å². The summed E-state index contributed by atoms with van der Waals surface area (Å²) in [5.41, 5.74) is 4.36. The molecule has 1 nitrogen and oxygen atoms in total. The van der Waals surface area contributed by atoms with E-state index in [0.29, 0.717) is 0 Å². The summed E-state index contributed by atoms with van der Waals surface area (Å²) < 4.78 is 0. The van der Waals surface area contributed by atoms with Crippen LogP contribution >= 0.6 is 0 Å². The Morgan fingerprint density at radius 3 is 2.15 bits per heavy atom. The number of rotatable bonds is 5. The van der Waals surface area contributed by atoms with Crippen molar-refractivity contribution < 1.29 is 0 Å². The summed E-state index contributed by atoms with van der Waals surface area (Å²) in [6.45, 7) is 3.67. The van der Waals surface area contributed by atoms with Gasteiger partial charge in [0.15, 0.2) is 0 Å². The number of hydrogen-bond acceptors (Lipinski definition) is 1. The maximum absolute atomic E-state index is 2.57. The second-order valence-electron chi connectivity index (χ2n) is 5.79. The molecule has 2 aromatic rings. The minimum Gasteiger partial charge on any atom is -0.299 e. The van der Waals surface area contributed by atoms with Crippen LogP contribution in [-0.4, -0.2) is 18.0 Å². The third-order valence-corrected chi connectivity index (χ3v) is 4.14. The highest BCUT2D eigenvalue weighted by Crippen LogP contribution is 2.15. The van der Waals surface area contributed by atoms with E-state index in [1.54, 1.807) is 0 Å². The first-order valence-corrected chi connectivity index (χ1v) is 7.74. The lowest BCUT2D eigenvalue weighted by Crippen LogP contribution is -2.18. The maximum atomic E-state index is 2.57. The Morgan fingerprint density at radius 1 is 0.700 bits per heavy atom. The minimum atomic E-state index is 1.12. The third-order valence-electron chi connectivity index (χ3n) is 4.14. The molecule has 0 N–H and O–H groups in total. The summed E-state index contributed by atoms with van der Waals surface area (Å²) in [4.78, 5) is 2.57. The zero-order valence-corrected chi connectivity index (χ0v) is 12.1. The molecule has 1 aliphatic rings. The van der Waals surface area contributed by atoms with Crippen LogP contribution in [0.4, 0.5) is 0 Å². The van der Waals surface area contributed by atoms with E-state index in [2.05, 4.69) is 59.5 Å².